The van der Waals surface area contributed by atoms with Gasteiger partial charge in [0.05, 0.1) is 0 Å². The molecule has 0 spiro atoms. The van der Waals surface area contributed by atoms with Gasteiger partial charge in [0.15, 0.2) is 0 Å². The maximum absolute atomic E-state index is 7.00. The van der Waals surface area contributed by atoms with Gasteiger partial charge in [-0.1, -0.05) is 0 Å². The van der Waals surface area contributed by atoms with Crippen molar-refractivity contribution in [1.29, 1.82) is 0 Å². The predicted octanol–water partition coefficient (Wildman–Crippen LogP) is 1.67. The van der Waals surface area contributed by atoms with Crippen LogP contribution in [0.25, 0.3) is 0 Å². The van der Waals surface area contributed by atoms with E-state index in [0.717, 1.165) is 7.11 Å². The molecule has 0 saturated carbocycles. The Kier molecular flexibility index (Phi) is 16.9. The van der Waals surface area contributed by atoms with Crippen LogP contribution in [0.2, 0.25) is 0 Å². The second-order valence-electron chi connectivity index (χ2n) is 0.143. The van der Waals surface area contributed by atoms with Crippen LogP contribution in [-0.2, 0) is 13.5 Å². The van der Waals surface area contributed by atoms with E-state index >= 15 is 0 Å². The van der Waals surface area contributed by atoms with Crippen LogP contribution < -0.4 is 0 Å². The molecule has 44 valence electrons. The van der Waals surface area contributed by atoms with Gasteiger partial charge < -0.3 is 5.11 Å². The molecule has 5 heteroatoms. The van der Waals surface area contributed by atoms with E-state index in [1.54, 1.807) is 0 Å². The third kappa shape index (κ3) is 50.2. The summed E-state index contributed by atoms with van der Waals surface area (Å²) in [6.07, 6.45) is 0. The van der Waals surface area contributed by atoms with Crippen LogP contribution in [0, 0.1) is 0 Å². The molecule has 0 aliphatic carbocycles. The van der Waals surface area contributed by atoms with Gasteiger partial charge in [-0.2, -0.15) is 0 Å². The first-order valence-electron chi connectivity index (χ1n) is 0.825. The van der Waals surface area contributed by atoms with Gasteiger partial charge in [0, 0.05) is 7.11 Å². The van der Waals surface area contributed by atoms with Crippen LogP contribution in [0.15, 0.2) is 0 Å². The van der Waals surface area contributed by atoms with Crippen LogP contribution in [0.4, 0.5) is 0 Å². The molecular weight excluding hydrogens is 327 g/mol. The van der Waals surface area contributed by atoms with E-state index in [4.69, 9.17) is 33.9 Å². The number of halogens is 3. The number of hydrogen-bond acceptors (Lipinski definition) is 1. The van der Waals surface area contributed by atoms with E-state index in [0.29, 0.717) is 0 Å². The summed E-state index contributed by atoms with van der Waals surface area (Å²) in [6.45, 7) is 0. The summed E-state index contributed by atoms with van der Waals surface area (Å²) >= 11 is -1.92. The van der Waals surface area contributed by atoms with Gasteiger partial charge in [-0.25, -0.2) is 0 Å². The van der Waals surface area contributed by atoms with E-state index in [1.165, 1.54) is 0 Å². The van der Waals surface area contributed by atoms with Crippen molar-refractivity contribution in [3.63, 3.8) is 0 Å². The molecule has 0 radical (unpaired) electrons. The Morgan fingerprint density at radius 2 is 1.17 bits per heavy atom. The van der Waals surface area contributed by atoms with Gasteiger partial charge in [-0.3, -0.25) is 0 Å². The second kappa shape index (κ2) is 9.70. The van der Waals surface area contributed by atoms with E-state index in [2.05, 4.69) is 0 Å². The average Bonchev–Trinajstić information content (AvgIpc) is 1.41. The van der Waals surface area contributed by atoms with Crippen molar-refractivity contribution in [2.75, 3.05) is 7.11 Å². The van der Waals surface area contributed by atoms with Crippen LogP contribution in [0.5, 0.6) is 0 Å². The zero-order valence-electron chi connectivity index (χ0n) is 2.91. The van der Waals surface area contributed by atoms with E-state index in [1.807, 2.05) is 0 Å². The van der Waals surface area contributed by atoms with Crippen molar-refractivity contribution in [1.82, 2.24) is 0 Å². The molecule has 6 heavy (non-hydrogen) atoms. The average molecular weight is 331 g/mol. The monoisotopic (exact) mass is 330 g/mol. The van der Waals surface area contributed by atoms with Crippen molar-refractivity contribution < 1.29 is 18.6 Å². The first-order chi connectivity index (χ1) is 2.73. The number of hydrogen-bond donors (Lipinski definition) is 1. The van der Waals surface area contributed by atoms with Crippen LogP contribution in [0.1, 0.15) is 0 Å². The zero-order chi connectivity index (χ0) is 5.58. The number of aliphatic hydroxyl groups excluding tert-OH is 1. The summed E-state index contributed by atoms with van der Waals surface area (Å²) < 4.78 is 0. The van der Waals surface area contributed by atoms with Gasteiger partial charge in [0.2, 0.25) is 0 Å². The zero-order valence-corrected chi connectivity index (χ0v) is 7.58. The maximum atomic E-state index is 7.00. The fraction of sp³-hybridized carbons (Fsp3) is 1.00. The van der Waals surface area contributed by atoms with Crippen molar-refractivity contribution in [2.45, 2.75) is 0 Å². The molecule has 0 rings (SSSR count). The van der Waals surface area contributed by atoms with Crippen molar-refractivity contribution in [3.8, 4) is 0 Å². The fourth-order valence-corrected chi connectivity index (χ4v) is 0. The normalized spacial score (nSPS) is 8.50. The van der Waals surface area contributed by atoms with E-state index < -0.39 is 13.5 Å². The second-order valence-corrected chi connectivity index (χ2v) is 10.5. The van der Waals surface area contributed by atoms with Gasteiger partial charge >= 0.3 is 42.2 Å². The van der Waals surface area contributed by atoms with Crippen LogP contribution in [-0.4, -0.2) is 12.2 Å². The van der Waals surface area contributed by atoms with Gasteiger partial charge in [-0.05, 0) is 0 Å². The quantitative estimate of drug-likeness (QED) is 0.716. The fourth-order valence-electron chi connectivity index (χ4n) is 0. The van der Waals surface area contributed by atoms with Crippen molar-refractivity contribution in [2.24, 2.45) is 0 Å². The SMILES string of the molecule is CO.[Cl][Ir]([Cl])[Cl]. The third-order valence-corrected chi connectivity index (χ3v) is 0. The van der Waals surface area contributed by atoms with Crippen LogP contribution >= 0.6 is 28.8 Å². The first-order valence-corrected chi connectivity index (χ1v) is 9.73. The Balaban J connectivity index is 0. The third-order valence-electron chi connectivity index (χ3n) is 0. The van der Waals surface area contributed by atoms with E-state index in [9.17, 15) is 0 Å². The molecule has 0 saturated heterocycles. The summed E-state index contributed by atoms with van der Waals surface area (Å²) in [5, 5.41) is 7.00. The molecular formula is CH4Cl3IrO. The molecule has 0 aliphatic rings. The molecule has 0 amide bonds. The molecule has 0 aromatic rings. The molecule has 1 N–H and O–H groups in total. The van der Waals surface area contributed by atoms with Gasteiger partial charge in [0.25, 0.3) is 0 Å². The summed E-state index contributed by atoms with van der Waals surface area (Å²) in [4.78, 5) is 0. The van der Waals surface area contributed by atoms with Crippen LogP contribution in [0.3, 0.4) is 0 Å². The Morgan fingerprint density at radius 3 is 1.17 bits per heavy atom. The summed E-state index contributed by atoms with van der Waals surface area (Å²) in [6, 6.07) is 0. The molecule has 0 atom stereocenters. The molecule has 0 heterocycles. The molecule has 0 aliphatic heterocycles. The van der Waals surface area contributed by atoms with Crippen molar-refractivity contribution >= 4 is 28.8 Å². The molecule has 0 bridgehead atoms. The first kappa shape index (κ1) is 10.5. The minimum absolute atomic E-state index is 1.00. The number of rotatable bonds is 0. The summed E-state index contributed by atoms with van der Waals surface area (Å²) in [5.74, 6) is 0. The van der Waals surface area contributed by atoms with Gasteiger partial charge in [0.1, 0.15) is 0 Å². The molecule has 0 aromatic heterocycles. The van der Waals surface area contributed by atoms with Crippen molar-refractivity contribution in [3.05, 3.63) is 0 Å². The Labute approximate surface area is 54.4 Å². The Hall–Kier alpha value is 1.48. The minimum atomic E-state index is -1.92. The molecule has 0 fully saturated rings. The number of aliphatic hydroxyl groups is 1. The predicted molar refractivity (Wildman–Crippen MR) is 25.7 cm³/mol. The molecule has 0 aromatic carbocycles. The van der Waals surface area contributed by atoms with E-state index in [-0.39, 0.29) is 0 Å². The summed E-state index contributed by atoms with van der Waals surface area (Å²) in [5.41, 5.74) is 0. The topological polar surface area (TPSA) is 20.2 Å². The Bertz CT molecular complexity index is 15.5. The Morgan fingerprint density at radius 1 is 1.17 bits per heavy atom. The standard InChI is InChI=1S/CH4O.3ClH.Ir/c1-2;;;;/h2H,1H3;3*1H;/q;;;;+3/p-3. The van der Waals surface area contributed by atoms with Gasteiger partial charge in [-0.15, -0.1) is 0 Å². The molecule has 0 unspecified atom stereocenters. The summed E-state index contributed by atoms with van der Waals surface area (Å²) in [7, 11) is 15.9. The molecule has 1 nitrogen and oxygen atoms in total.